The van der Waals surface area contributed by atoms with Gasteiger partial charge in [0.2, 0.25) is 0 Å². The van der Waals surface area contributed by atoms with Gasteiger partial charge in [-0.15, -0.1) is 0 Å². The fourth-order valence-corrected chi connectivity index (χ4v) is 4.75. The number of carboxylic acids is 1. The van der Waals surface area contributed by atoms with Crippen molar-refractivity contribution in [1.82, 2.24) is 0 Å². The summed E-state index contributed by atoms with van der Waals surface area (Å²) in [7, 11) is 0. The Bertz CT molecular complexity index is 732. The summed E-state index contributed by atoms with van der Waals surface area (Å²) in [6.07, 6.45) is 0. The van der Waals surface area contributed by atoms with Crippen LogP contribution in [0.5, 0.6) is 0 Å². The number of rotatable bonds is 3. The Morgan fingerprint density at radius 1 is 0.792 bits per heavy atom. The first kappa shape index (κ1) is 19.0. The van der Waals surface area contributed by atoms with Gasteiger partial charge in [0, 0.05) is 11.6 Å². The van der Waals surface area contributed by atoms with E-state index in [1.54, 1.807) is 12.1 Å². The van der Waals surface area contributed by atoms with Gasteiger partial charge in [-0.2, -0.15) is 0 Å². The monoisotopic (exact) mass is 436 g/mol. The van der Waals surface area contributed by atoms with Crippen molar-refractivity contribution in [1.29, 1.82) is 0 Å². The lowest BCUT2D eigenvalue weighted by Crippen LogP contribution is -3.61. The van der Waals surface area contributed by atoms with Crippen molar-refractivity contribution in [2.75, 3.05) is 0 Å². The fourth-order valence-electron chi connectivity index (χ4n) is 2.33. The molecule has 2 aromatic rings. The van der Waals surface area contributed by atoms with Crippen LogP contribution < -0.4 is 26.3 Å². The first-order valence-electron chi connectivity index (χ1n) is 8.09. The summed E-state index contributed by atoms with van der Waals surface area (Å²) in [5, 5.41) is 11.3. The SMILES string of the molecule is CC(C)(C)c1ccc([I+]c2cc(C(=O)[O-])cc(C(C)(C)C)c2)cc1. The molecule has 0 saturated heterocycles. The highest BCUT2D eigenvalue weighted by Gasteiger charge is 2.23. The Kier molecular flexibility index (Phi) is 5.43. The van der Waals surface area contributed by atoms with Gasteiger partial charge in [-0.05, 0) is 46.2 Å². The highest BCUT2D eigenvalue weighted by atomic mass is 127. The van der Waals surface area contributed by atoms with E-state index in [4.69, 9.17) is 0 Å². The van der Waals surface area contributed by atoms with E-state index in [0.29, 0.717) is 0 Å². The number of hydrogen-bond acceptors (Lipinski definition) is 2. The Morgan fingerprint density at radius 3 is 1.79 bits per heavy atom. The van der Waals surface area contributed by atoms with Gasteiger partial charge in [-0.3, -0.25) is 0 Å². The van der Waals surface area contributed by atoms with Crippen LogP contribution in [-0.4, -0.2) is 5.97 Å². The molecular weight excluding hydrogens is 411 g/mol. The summed E-state index contributed by atoms with van der Waals surface area (Å²) in [6.45, 7) is 12.9. The van der Waals surface area contributed by atoms with Crippen molar-refractivity contribution < 1.29 is 31.1 Å². The smallest absolute Gasteiger partial charge is 0.357 e. The first-order chi connectivity index (χ1) is 11.0. The van der Waals surface area contributed by atoms with Crippen LogP contribution in [0.4, 0.5) is 0 Å². The topological polar surface area (TPSA) is 40.1 Å². The predicted octanol–water partition coefficient (Wildman–Crippen LogP) is 0.774. The van der Waals surface area contributed by atoms with Crippen molar-refractivity contribution in [3.05, 3.63) is 66.3 Å². The summed E-state index contributed by atoms with van der Waals surface area (Å²) < 4.78 is 2.40. The molecule has 0 aliphatic carbocycles. The Balaban J connectivity index is 2.35. The molecule has 24 heavy (non-hydrogen) atoms. The molecule has 2 rings (SSSR count). The lowest BCUT2D eigenvalue weighted by molar-refractivity contribution is -0.597. The second-order valence-corrected chi connectivity index (χ2v) is 11.1. The van der Waals surface area contributed by atoms with E-state index in [1.807, 2.05) is 0 Å². The van der Waals surface area contributed by atoms with E-state index < -0.39 is 27.2 Å². The minimum Gasteiger partial charge on any atom is -0.545 e. The molecule has 0 spiro atoms. The summed E-state index contributed by atoms with van der Waals surface area (Å²) in [5.74, 6) is -1.10. The molecule has 0 radical (unpaired) electrons. The third kappa shape index (κ3) is 4.82. The maximum atomic E-state index is 11.3. The fraction of sp³-hybridized carbons (Fsp3) is 0.381. The van der Waals surface area contributed by atoms with E-state index in [-0.39, 0.29) is 16.4 Å². The van der Waals surface area contributed by atoms with E-state index in [0.717, 1.165) is 9.13 Å². The lowest BCUT2D eigenvalue weighted by Gasteiger charge is -2.20. The van der Waals surface area contributed by atoms with Gasteiger partial charge in [0.25, 0.3) is 0 Å². The van der Waals surface area contributed by atoms with E-state index in [2.05, 4.69) is 71.9 Å². The predicted molar refractivity (Wildman–Crippen MR) is 92.0 cm³/mol. The zero-order valence-corrected chi connectivity index (χ0v) is 17.4. The molecule has 0 aliphatic rings. The van der Waals surface area contributed by atoms with Gasteiger partial charge < -0.3 is 9.90 Å². The zero-order chi connectivity index (χ0) is 18.1. The summed E-state index contributed by atoms with van der Waals surface area (Å²) in [4.78, 5) is 11.3. The number of hydrogen-bond donors (Lipinski definition) is 0. The van der Waals surface area contributed by atoms with E-state index in [9.17, 15) is 9.90 Å². The average Bonchev–Trinajstić information content (AvgIpc) is 2.45. The molecular formula is C21H25IO2. The van der Waals surface area contributed by atoms with Crippen LogP contribution in [0.1, 0.15) is 63.0 Å². The summed E-state index contributed by atoms with van der Waals surface area (Å²) in [5.41, 5.74) is 2.70. The quantitative estimate of drug-likeness (QED) is 0.668. The van der Waals surface area contributed by atoms with Crippen LogP contribution in [-0.2, 0) is 10.8 Å². The molecule has 0 atom stereocenters. The highest BCUT2D eigenvalue weighted by molar-refractivity contribution is 5.85. The van der Waals surface area contributed by atoms with Crippen molar-refractivity contribution in [3.8, 4) is 0 Å². The highest BCUT2D eigenvalue weighted by Crippen LogP contribution is 2.23. The van der Waals surface area contributed by atoms with Gasteiger partial charge in [-0.25, -0.2) is 0 Å². The third-order valence-corrected chi connectivity index (χ3v) is 6.52. The first-order valence-corrected chi connectivity index (χ1v) is 10.2. The second kappa shape index (κ2) is 6.87. The largest absolute Gasteiger partial charge is 0.545 e. The minimum absolute atomic E-state index is 0.0833. The van der Waals surface area contributed by atoms with Crippen LogP contribution in [0.15, 0.2) is 42.5 Å². The number of carbonyl (C=O) groups excluding carboxylic acids is 1. The standard InChI is InChI=1S/C21H25IO2/c1-20(2,3)15-7-9-17(10-8-15)22-18-12-14(19(23)24)11-16(13-18)21(4,5)6/h7-13H,1-6H3. The molecule has 0 aliphatic heterocycles. The molecule has 0 saturated carbocycles. The zero-order valence-electron chi connectivity index (χ0n) is 15.2. The molecule has 0 aromatic heterocycles. The molecule has 0 N–H and O–H groups in total. The molecule has 128 valence electrons. The molecule has 0 fully saturated rings. The molecule has 2 aromatic carbocycles. The van der Waals surface area contributed by atoms with Gasteiger partial charge >= 0.3 is 21.2 Å². The number of halogens is 1. The van der Waals surface area contributed by atoms with Crippen LogP contribution in [0.25, 0.3) is 0 Å². The van der Waals surface area contributed by atoms with Gasteiger partial charge in [0.1, 0.15) is 0 Å². The summed E-state index contributed by atoms with van der Waals surface area (Å²) >= 11 is -0.419. The molecule has 2 nitrogen and oxygen atoms in total. The molecule has 0 unspecified atom stereocenters. The van der Waals surface area contributed by atoms with Crippen LogP contribution >= 0.6 is 0 Å². The van der Waals surface area contributed by atoms with Gasteiger partial charge in [0.05, 0.1) is 5.97 Å². The van der Waals surface area contributed by atoms with E-state index >= 15 is 0 Å². The maximum Gasteiger partial charge on any atom is 0.357 e. The van der Waals surface area contributed by atoms with Crippen LogP contribution in [0, 0.1) is 7.14 Å². The number of carboxylic acid groups (broad SMARTS) is 1. The van der Waals surface area contributed by atoms with E-state index in [1.165, 1.54) is 9.13 Å². The molecule has 0 bridgehead atoms. The van der Waals surface area contributed by atoms with Crippen molar-refractivity contribution in [3.63, 3.8) is 0 Å². The minimum atomic E-state index is -1.10. The second-order valence-electron chi connectivity index (χ2n) is 8.12. The summed E-state index contributed by atoms with van der Waals surface area (Å²) in [6, 6.07) is 14.4. The van der Waals surface area contributed by atoms with Crippen molar-refractivity contribution in [2.45, 2.75) is 52.4 Å². The Labute approximate surface area is 155 Å². The Morgan fingerprint density at radius 2 is 1.33 bits per heavy atom. The lowest BCUT2D eigenvalue weighted by atomic mass is 9.86. The van der Waals surface area contributed by atoms with Crippen molar-refractivity contribution >= 4 is 5.97 Å². The van der Waals surface area contributed by atoms with Crippen LogP contribution in [0.2, 0.25) is 0 Å². The third-order valence-electron chi connectivity index (χ3n) is 3.93. The normalized spacial score (nSPS) is 12.2. The molecule has 0 amide bonds. The van der Waals surface area contributed by atoms with Gasteiger partial charge in [0.15, 0.2) is 7.14 Å². The molecule has 3 heteroatoms. The average molecular weight is 436 g/mol. The van der Waals surface area contributed by atoms with Crippen molar-refractivity contribution in [2.24, 2.45) is 0 Å². The number of aromatic carboxylic acids is 1. The Hall–Kier alpha value is -1.36. The van der Waals surface area contributed by atoms with Crippen LogP contribution in [0.3, 0.4) is 0 Å². The molecule has 0 heterocycles. The van der Waals surface area contributed by atoms with Gasteiger partial charge in [-0.1, -0.05) is 53.7 Å². The number of carbonyl (C=O) groups is 1. The number of benzene rings is 2. The maximum absolute atomic E-state index is 11.3.